The van der Waals surface area contributed by atoms with Crippen molar-refractivity contribution in [3.05, 3.63) is 53.1 Å². The van der Waals surface area contributed by atoms with Crippen LogP contribution in [0.4, 0.5) is 0 Å². The number of fused-ring (bicyclic) bond motifs is 2. The lowest BCUT2D eigenvalue weighted by Gasteiger charge is -2.14. The number of ketones is 1. The van der Waals surface area contributed by atoms with Gasteiger partial charge in [0.25, 0.3) is 0 Å². The first kappa shape index (κ1) is 13.7. The van der Waals surface area contributed by atoms with Gasteiger partial charge >= 0.3 is 5.97 Å². The van der Waals surface area contributed by atoms with Crippen LogP contribution in [0.1, 0.15) is 39.6 Å². The number of ether oxygens (including phenoxy) is 1. The van der Waals surface area contributed by atoms with E-state index in [0.717, 1.165) is 6.42 Å². The maximum atomic E-state index is 12.7. The van der Waals surface area contributed by atoms with E-state index in [0.29, 0.717) is 45.5 Å². The second-order valence-corrected chi connectivity index (χ2v) is 5.41. The fourth-order valence-corrected chi connectivity index (χ4v) is 2.89. The first-order valence-corrected chi connectivity index (χ1v) is 7.46. The van der Waals surface area contributed by atoms with Gasteiger partial charge in [0.2, 0.25) is 0 Å². The predicted molar refractivity (Wildman–Crippen MR) is 83.5 cm³/mol. The van der Waals surface area contributed by atoms with Crippen LogP contribution in [0.25, 0.3) is 22.2 Å². The molecule has 1 heterocycles. The van der Waals surface area contributed by atoms with Crippen molar-refractivity contribution in [3.63, 3.8) is 0 Å². The van der Waals surface area contributed by atoms with Gasteiger partial charge in [-0.2, -0.15) is 0 Å². The molecule has 23 heavy (non-hydrogen) atoms. The van der Waals surface area contributed by atoms with Crippen LogP contribution in [0.3, 0.4) is 0 Å². The second kappa shape index (κ2) is 5.05. The van der Waals surface area contributed by atoms with Gasteiger partial charge in [-0.1, -0.05) is 36.3 Å². The van der Waals surface area contributed by atoms with E-state index in [4.69, 9.17) is 9.26 Å². The SMILES string of the molecule is CCCOC(=O)c1ccc2c3c(onc13)-c1ccccc1C2=O. The Kier molecular flexibility index (Phi) is 3.01. The fourth-order valence-electron chi connectivity index (χ4n) is 2.89. The standard InChI is InChI=1S/C18H13NO4/c1-2-9-22-18(21)13-8-7-12-14-15(13)19-23-17(14)11-6-4-3-5-10(11)16(12)20/h3-8H,2,9H2,1H3. The monoisotopic (exact) mass is 307 g/mol. The van der Waals surface area contributed by atoms with Crippen LogP contribution < -0.4 is 0 Å². The predicted octanol–water partition coefficient (Wildman–Crippen LogP) is 3.61. The topological polar surface area (TPSA) is 69.4 Å². The van der Waals surface area contributed by atoms with Crippen molar-refractivity contribution < 1.29 is 18.8 Å². The first-order valence-electron chi connectivity index (χ1n) is 7.46. The van der Waals surface area contributed by atoms with Gasteiger partial charge in [0.15, 0.2) is 11.5 Å². The lowest BCUT2D eigenvalue weighted by Crippen LogP contribution is -2.11. The van der Waals surface area contributed by atoms with E-state index < -0.39 is 5.97 Å². The van der Waals surface area contributed by atoms with Crippen LogP contribution in [-0.4, -0.2) is 23.5 Å². The van der Waals surface area contributed by atoms with Crippen LogP contribution in [0.5, 0.6) is 0 Å². The number of nitrogens with zero attached hydrogens (tertiary/aromatic N) is 1. The highest BCUT2D eigenvalue weighted by molar-refractivity contribution is 6.26. The third-order valence-electron chi connectivity index (χ3n) is 3.95. The molecule has 0 atom stereocenters. The van der Waals surface area contributed by atoms with Crippen LogP contribution >= 0.6 is 0 Å². The number of benzene rings is 2. The zero-order valence-electron chi connectivity index (χ0n) is 12.5. The Morgan fingerprint density at radius 3 is 2.70 bits per heavy atom. The summed E-state index contributed by atoms with van der Waals surface area (Å²) in [7, 11) is 0. The molecule has 1 aromatic heterocycles. The number of carbonyl (C=O) groups is 2. The Morgan fingerprint density at radius 2 is 1.91 bits per heavy atom. The van der Waals surface area contributed by atoms with E-state index in [1.807, 2.05) is 25.1 Å². The van der Waals surface area contributed by atoms with E-state index in [1.54, 1.807) is 18.2 Å². The summed E-state index contributed by atoms with van der Waals surface area (Å²) in [6.45, 7) is 2.27. The Bertz CT molecular complexity index is 955. The number of carbonyl (C=O) groups excluding carboxylic acids is 2. The molecule has 3 aromatic rings. The maximum absolute atomic E-state index is 12.7. The van der Waals surface area contributed by atoms with Crippen molar-refractivity contribution in [1.29, 1.82) is 0 Å². The summed E-state index contributed by atoms with van der Waals surface area (Å²) in [4.78, 5) is 24.8. The molecule has 0 spiro atoms. The quantitative estimate of drug-likeness (QED) is 0.541. The van der Waals surface area contributed by atoms with E-state index in [-0.39, 0.29) is 5.78 Å². The molecular formula is C18H13NO4. The zero-order valence-corrected chi connectivity index (χ0v) is 12.5. The van der Waals surface area contributed by atoms with Gasteiger partial charge in [0.1, 0.15) is 5.52 Å². The van der Waals surface area contributed by atoms with Crippen LogP contribution in [0.2, 0.25) is 0 Å². The van der Waals surface area contributed by atoms with Gasteiger partial charge in [-0.05, 0) is 18.6 Å². The van der Waals surface area contributed by atoms with Gasteiger partial charge in [0, 0.05) is 16.7 Å². The van der Waals surface area contributed by atoms with E-state index in [2.05, 4.69) is 5.16 Å². The fraction of sp³-hybridized carbons (Fsp3) is 0.167. The molecule has 0 unspecified atom stereocenters. The molecule has 0 N–H and O–H groups in total. The molecule has 1 aliphatic carbocycles. The minimum absolute atomic E-state index is 0.0882. The smallest absolute Gasteiger partial charge is 0.340 e. The van der Waals surface area contributed by atoms with E-state index in [9.17, 15) is 9.59 Å². The third-order valence-corrected chi connectivity index (χ3v) is 3.95. The number of hydrogen-bond acceptors (Lipinski definition) is 5. The average molecular weight is 307 g/mol. The molecule has 0 fully saturated rings. The second-order valence-electron chi connectivity index (χ2n) is 5.41. The lowest BCUT2D eigenvalue weighted by atomic mass is 9.87. The van der Waals surface area contributed by atoms with Crippen LogP contribution in [0.15, 0.2) is 40.9 Å². The van der Waals surface area contributed by atoms with E-state index in [1.165, 1.54) is 0 Å². The Balaban J connectivity index is 1.96. The molecule has 0 saturated heterocycles. The summed E-state index contributed by atoms with van der Waals surface area (Å²) < 4.78 is 10.6. The van der Waals surface area contributed by atoms with Crippen LogP contribution in [0, 0.1) is 0 Å². The Morgan fingerprint density at radius 1 is 1.13 bits per heavy atom. The van der Waals surface area contributed by atoms with Gasteiger partial charge in [-0.15, -0.1) is 0 Å². The first-order chi connectivity index (χ1) is 11.2. The minimum Gasteiger partial charge on any atom is -0.462 e. The van der Waals surface area contributed by atoms with Crippen molar-refractivity contribution in [3.8, 4) is 11.3 Å². The van der Waals surface area contributed by atoms with Gasteiger partial charge in [-0.25, -0.2) is 4.79 Å². The molecule has 0 bridgehead atoms. The molecule has 2 aromatic carbocycles. The van der Waals surface area contributed by atoms with Crippen LogP contribution in [-0.2, 0) is 4.74 Å². The molecule has 114 valence electrons. The number of rotatable bonds is 3. The summed E-state index contributed by atoms with van der Waals surface area (Å²) in [6, 6.07) is 10.4. The minimum atomic E-state index is -0.454. The van der Waals surface area contributed by atoms with Crippen molar-refractivity contribution in [2.75, 3.05) is 6.61 Å². The number of aromatic nitrogens is 1. The van der Waals surface area contributed by atoms with Gasteiger partial charge < -0.3 is 9.26 Å². The van der Waals surface area contributed by atoms with Crippen molar-refractivity contribution in [2.45, 2.75) is 13.3 Å². The molecule has 0 radical (unpaired) electrons. The highest BCUT2D eigenvalue weighted by Gasteiger charge is 2.31. The molecule has 0 aliphatic heterocycles. The molecular weight excluding hydrogens is 294 g/mol. The summed E-state index contributed by atoms with van der Waals surface area (Å²) in [5.74, 6) is -0.0188. The molecule has 1 aliphatic rings. The number of esters is 1. The average Bonchev–Trinajstić information content (AvgIpc) is 3.03. The Labute approximate surface area is 131 Å². The molecule has 5 heteroatoms. The summed E-state index contributed by atoms with van der Waals surface area (Å²) in [6.07, 6.45) is 0.739. The highest BCUT2D eigenvalue weighted by Crippen LogP contribution is 2.40. The summed E-state index contributed by atoms with van der Waals surface area (Å²) in [5, 5.41) is 4.61. The maximum Gasteiger partial charge on any atom is 0.340 e. The molecule has 0 saturated carbocycles. The van der Waals surface area contributed by atoms with E-state index >= 15 is 0 Å². The van der Waals surface area contributed by atoms with Crippen molar-refractivity contribution in [2.24, 2.45) is 0 Å². The van der Waals surface area contributed by atoms with Gasteiger partial charge in [0.05, 0.1) is 17.6 Å². The lowest BCUT2D eigenvalue weighted by molar-refractivity contribution is 0.0506. The Hall–Kier alpha value is -2.95. The van der Waals surface area contributed by atoms with Gasteiger partial charge in [-0.3, -0.25) is 4.79 Å². The van der Waals surface area contributed by atoms with Crippen molar-refractivity contribution in [1.82, 2.24) is 5.16 Å². The third kappa shape index (κ3) is 1.90. The normalized spacial score (nSPS) is 12.3. The highest BCUT2D eigenvalue weighted by atomic mass is 16.5. The number of hydrogen-bond donors (Lipinski definition) is 0. The summed E-state index contributed by atoms with van der Waals surface area (Å²) in [5.41, 5.74) is 2.48. The largest absolute Gasteiger partial charge is 0.462 e. The molecule has 5 nitrogen and oxygen atoms in total. The zero-order chi connectivity index (χ0) is 16.0. The van der Waals surface area contributed by atoms with Crippen molar-refractivity contribution >= 4 is 22.7 Å². The molecule has 0 amide bonds. The summed E-state index contributed by atoms with van der Waals surface area (Å²) >= 11 is 0. The molecule has 4 rings (SSSR count).